The summed E-state index contributed by atoms with van der Waals surface area (Å²) < 4.78 is 2.22. The summed E-state index contributed by atoms with van der Waals surface area (Å²) in [5.74, 6) is 0.646. The first-order valence-electron chi connectivity index (χ1n) is 9.18. The normalized spacial score (nSPS) is 10.7. The lowest BCUT2D eigenvalue weighted by molar-refractivity contribution is -0.114. The molecule has 1 heterocycles. The molecule has 0 aliphatic rings. The predicted molar refractivity (Wildman–Crippen MR) is 107 cm³/mol. The summed E-state index contributed by atoms with van der Waals surface area (Å²) >= 11 is 0. The van der Waals surface area contributed by atoms with Crippen LogP contribution in [0.5, 0.6) is 0 Å². The molecule has 0 unspecified atom stereocenters. The van der Waals surface area contributed by atoms with Crippen LogP contribution in [-0.4, -0.2) is 27.9 Å². The lowest BCUT2D eigenvalue weighted by atomic mass is 10.2. The van der Waals surface area contributed by atoms with E-state index in [2.05, 4.69) is 28.2 Å². The molecule has 1 aromatic heterocycles. The van der Waals surface area contributed by atoms with E-state index in [0.717, 1.165) is 29.8 Å². The van der Waals surface area contributed by atoms with Gasteiger partial charge in [0.2, 0.25) is 5.91 Å². The minimum atomic E-state index is -0.166. The summed E-state index contributed by atoms with van der Waals surface area (Å²) in [5.41, 5.74) is 3.24. The Morgan fingerprint density at radius 2 is 1.93 bits per heavy atom. The van der Waals surface area contributed by atoms with E-state index in [1.54, 1.807) is 24.3 Å². The molecule has 0 fully saturated rings. The highest BCUT2D eigenvalue weighted by atomic mass is 16.2. The highest BCUT2D eigenvalue weighted by molar-refractivity contribution is 5.96. The zero-order chi connectivity index (χ0) is 19.2. The second kappa shape index (κ2) is 8.49. The average Bonchev–Trinajstić information content (AvgIpc) is 2.99. The molecule has 6 nitrogen and oxygen atoms in total. The quantitative estimate of drug-likeness (QED) is 0.675. The van der Waals surface area contributed by atoms with E-state index in [1.807, 2.05) is 18.2 Å². The van der Waals surface area contributed by atoms with Crippen LogP contribution in [0.25, 0.3) is 11.0 Å². The van der Waals surface area contributed by atoms with Gasteiger partial charge in [-0.1, -0.05) is 25.1 Å². The van der Waals surface area contributed by atoms with Crippen molar-refractivity contribution >= 4 is 28.5 Å². The van der Waals surface area contributed by atoms with Crippen LogP contribution in [0.15, 0.2) is 48.5 Å². The maximum Gasteiger partial charge on any atom is 0.251 e. The molecule has 2 N–H and O–H groups in total. The van der Waals surface area contributed by atoms with Crippen LogP contribution in [0, 0.1) is 0 Å². The Morgan fingerprint density at radius 1 is 1.11 bits per heavy atom. The molecule has 0 saturated carbocycles. The minimum absolute atomic E-state index is 0.164. The van der Waals surface area contributed by atoms with Crippen molar-refractivity contribution in [3.63, 3.8) is 0 Å². The van der Waals surface area contributed by atoms with E-state index in [1.165, 1.54) is 6.92 Å². The monoisotopic (exact) mass is 364 g/mol. The molecule has 0 aliphatic heterocycles. The number of hydrogen-bond acceptors (Lipinski definition) is 3. The molecular formula is C21H24N4O2. The van der Waals surface area contributed by atoms with Crippen molar-refractivity contribution < 1.29 is 9.59 Å². The van der Waals surface area contributed by atoms with Gasteiger partial charge in [-0.3, -0.25) is 9.59 Å². The third kappa shape index (κ3) is 4.53. The first-order valence-corrected chi connectivity index (χ1v) is 9.18. The van der Waals surface area contributed by atoms with Gasteiger partial charge in [0.25, 0.3) is 5.91 Å². The van der Waals surface area contributed by atoms with E-state index < -0.39 is 0 Å². The largest absolute Gasteiger partial charge is 0.352 e. The summed E-state index contributed by atoms with van der Waals surface area (Å²) in [6.45, 7) is 4.98. The number of aryl methyl sites for hydroxylation is 1. The van der Waals surface area contributed by atoms with E-state index >= 15 is 0 Å². The number of nitrogens with zero attached hydrogens (tertiary/aromatic N) is 2. The van der Waals surface area contributed by atoms with E-state index in [-0.39, 0.29) is 11.8 Å². The van der Waals surface area contributed by atoms with Gasteiger partial charge in [-0.2, -0.15) is 0 Å². The highest BCUT2D eigenvalue weighted by Gasteiger charge is 2.11. The standard InChI is InChI=1S/C21H24N4O2/c1-3-13-25-19-10-5-4-9-18(19)24-20(25)11-12-22-21(27)16-7-6-8-17(14-16)23-15(2)26/h4-10,14H,3,11-13H2,1-2H3,(H,22,27)(H,23,26). The third-order valence-corrected chi connectivity index (χ3v) is 4.26. The summed E-state index contributed by atoms with van der Waals surface area (Å²) in [5, 5.41) is 5.62. The van der Waals surface area contributed by atoms with Gasteiger partial charge in [0.1, 0.15) is 5.82 Å². The van der Waals surface area contributed by atoms with E-state index in [9.17, 15) is 9.59 Å². The predicted octanol–water partition coefficient (Wildman–Crippen LogP) is 3.38. The molecule has 0 saturated heterocycles. The van der Waals surface area contributed by atoms with Gasteiger partial charge in [-0.15, -0.1) is 0 Å². The SMILES string of the molecule is CCCn1c(CCNC(=O)c2cccc(NC(C)=O)c2)nc2ccccc21. The van der Waals surface area contributed by atoms with Crippen molar-refractivity contribution in [2.45, 2.75) is 33.2 Å². The summed E-state index contributed by atoms with van der Waals surface area (Å²) in [4.78, 5) is 28.3. The molecule has 0 spiro atoms. The number of carbonyl (C=O) groups is 2. The van der Waals surface area contributed by atoms with Crippen molar-refractivity contribution in [2.75, 3.05) is 11.9 Å². The second-order valence-electron chi connectivity index (χ2n) is 6.44. The van der Waals surface area contributed by atoms with Crippen LogP contribution >= 0.6 is 0 Å². The molecule has 27 heavy (non-hydrogen) atoms. The minimum Gasteiger partial charge on any atom is -0.352 e. The molecular weight excluding hydrogens is 340 g/mol. The molecule has 0 bridgehead atoms. The summed E-state index contributed by atoms with van der Waals surface area (Å²) in [7, 11) is 0. The van der Waals surface area contributed by atoms with Gasteiger partial charge in [-0.05, 0) is 36.8 Å². The fourth-order valence-electron chi connectivity index (χ4n) is 3.12. The number of rotatable bonds is 7. The number of hydrogen-bond donors (Lipinski definition) is 2. The van der Waals surface area contributed by atoms with Crippen molar-refractivity contribution in [3.05, 3.63) is 59.9 Å². The van der Waals surface area contributed by atoms with Crippen molar-refractivity contribution in [1.82, 2.24) is 14.9 Å². The number of para-hydroxylation sites is 2. The van der Waals surface area contributed by atoms with E-state index in [4.69, 9.17) is 4.98 Å². The number of aromatic nitrogens is 2. The Labute approximate surface area is 158 Å². The van der Waals surface area contributed by atoms with Crippen molar-refractivity contribution in [1.29, 1.82) is 0 Å². The van der Waals surface area contributed by atoms with Gasteiger partial charge in [0.05, 0.1) is 11.0 Å². The Kier molecular flexibility index (Phi) is 5.86. The van der Waals surface area contributed by atoms with Crippen molar-refractivity contribution in [3.8, 4) is 0 Å². The molecule has 6 heteroatoms. The van der Waals surface area contributed by atoms with Gasteiger partial charge in [-0.25, -0.2) is 4.98 Å². The van der Waals surface area contributed by atoms with Crippen molar-refractivity contribution in [2.24, 2.45) is 0 Å². The van der Waals surface area contributed by atoms with Crippen LogP contribution in [0.1, 0.15) is 36.5 Å². The summed E-state index contributed by atoms with van der Waals surface area (Å²) in [6, 6.07) is 15.0. The number of amides is 2. The maximum atomic E-state index is 12.4. The van der Waals surface area contributed by atoms with Crippen LogP contribution < -0.4 is 10.6 Å². The van der Waals surface area contributed by atoms with Gasteiger partial charge in [0.15, 0.2) is 0 Å². The third-order valence-electron chi connectivity index (χ3n) is 4.26. The Hall–Kier alpha value is -3.15. The lowest BCUT2D eigenvalue weighted by Crippen LogP contribution is -2.26. The number of anilines is 1. The first kappa shape index (κ1) is 18.6. The van der Waals surface area contributed by atoms with Crippen LogP contribution in [0.4, 0.5) is 5.69 Å². The molecule has 0 aliphatic carbocycles. The fraction of sp³-hybridized carbons (Fsp3) is 0.286. The van der Waals surface area contributed by atoms with Gasteiger partial charge < -0.3 is 15.2 Å². The number of nitrogens with one attached hydrogen (secondary N) is 2. The summed E-state index contributed by atoms with van der Waals surface area (Å²) in [6.07, 6.45) is 1.68. The zero-order valence-corrected chi connectivity index (χ0v) is 15.7. The van der Waals surface area contributed by atoms with Crippen LogP contribution in [0.3, 0.4) is 0 Å². The Morgan fingerprint density at radius 3 is 2.70 bits per heavy atom. The maximum absolute atomic E-state index is 12.4. The van der Waals surface area contributed by atoms with Crippen LogP contribution in [0.2, 0.25) is 0 Å². The second-order valence-corrected chi connectivity index (χ2v) is 6.44. The molecule has 2 aromatic carbocycles. The Balaban J connectivity index is 1.66. The topological polar surface area (TPSA) is 76.0 Å². The Bertz CT molecular complexity index is 962. The molecule has 140 valence electrons. The van der Waals surface area contributed by atoms with E-state index in [0.29, 0.717) is 24.2 Å². The molecule has 2 amide bonds. The molecule has 3 aromatic rings. The molecule has 0 atom stereocenters. The number of carbonyl (C=O) groups excluding carboxylic acids is 2. The van der Waals surface area contributed by atoms with Crippen LogP contribution in [-0.2, 0) is 17.8 Å². The molecule has 3 rings (SSSR count). The zero-order valence-electron chi connectivity index (χ0n) is 15.7. The lowest BCUT2D eigenvalue weighted by Gasteiger charge is -2.09. The number of benzene rings is 2. The molecule has 0 radical (unpaired) electrons. The van der Waals surface area contributed by atoms with Gasteiger partial charge >= 0.3 is 0 Å². The smallest absolute Gasteiger partial charge is 0.251 e. The first-order chi connectivity index (χ1) is 13.1. The fourth-order valence-corrected chi connectivity index (χ4v) is 3.12. The number of fused-ring (bicyclic) bond motifs is 1. The van der Waals surface area contributed by atoms with Gasteiger partial charge in [0, 0.05) is 37.7 Å². The number of imidazole rings is 1. The average molecular weight is 364 g/mol. The highest BCUT2D eigenvalue weighted by Crippen LogP contribution is 2.17.